The third-order valence-electron chi connectivity index (χ3n) is 6.67. The van der Waals surface area contributed by atoms with Gasteiger partial charge in [-0.05, 0) is 65.1 Å². The van der Waals surface area contributed by atoms with E-state index < -0.39 is 11.7 Å². The fourth-order valence-corrected chi connectivity index (χ4v) is 5.65. The largest absolute Gasteiger partial charge is 0.491 e. The standard InChI is InChI=1S/C30H35FN2O3S/c1-20(2)17-32(30(35)24-7-5-6-8-26(24)31)18-29(34)33-15-13-28-25(14-16-37-28)27(33)19-36-23-11-9-22(10-12-23)21(3)4/h5-12,14,16,20-21,27H,13,15,17-19H2,1-4H3/t27-/m1/s1. The van der Waals surface area contributed by atoms with Gasteiger partial charge in [-0.25, -0.2) is 4.39 Å². The second kappa shape index (κ2) is 11.9. The lowest BCUT2D eigenvalue weighted by atomic mass is 10.00. The Hall–Kier alpha value is -3.19. The van der Waals surface area contributed by atoms with E-state index in [1.54, 1.807) is 23.5 Å². The number of hydrogen-bond donors (Lipinski definition) is 0. The molecule has 0 saturated heterocycles. The molecule has 1 aliphatic rings. The molecule has 7 heteroatoms. The van der Waals surface area contributed by atoms with Gasteiger partial charge in [0.1, 0.15) is 24.7 Å². The Morgan fingerprint density at radius 3 is 2.49 bits per heavy atom. The Morgan fingerprint density at radius 2 is 1.81 bits per heavy atom. The number of nitrogens with zero attached hydrogens (tertiary/aromatic N) is 2. The van der Waals surface area contributed by atoms with Crippen LogP contribution in [-0.4, -0.2) is 47.9 Å². The first-order chi connectivity index (χ1) is 17.7. The third-order valence-corrected chi connectivity index (χ3v) is 7.67. The predicted octanol–water partition coefficient (Wildman–Crippen LogP) is 6.31. The summed E-state index contributed by atoms with van der Waals surface area (Å²) in [5, 5.41) is 2.05. The van der Waals surface area contributed by atoms with Crippen LogP contribution in [0, 0.1) is 11.7 Å². The van der Waals surface area contributed by atoms with Crippen LogP contribution in [0.3, 0.4) is 0 Å². The van der Waals surface area contributed by atoms with Gasteiger partial charge in [-0.2, -0.15) is 0 Å². The molecule has 5 nitrogen and oxygen atoms in total. The molecular weight excluding hydrogens is 487 g/mol. The molecule has 0 saturated carbocycles. The van der Waals surface area contributed by atoms with Gasteiger partial charge in [0.05, 0.1) is 11.6 Å². The molecule has 0 radical (unpaired) electrons. The molecule has 0 spiro atoms. The number of rotatable bonds is 9. The van der Waals surface area contributed by atoms with Gasteiger partial charge in [0.15, 0.2) is 0 Å². The molecule has 0 fully saturated rings. The van der Waals surface area contributed by atoms with Crippen molar-refractivity contribution in [2.45, 2.75) is 46.1 Å². The van der Waals surface area contributed by atoms with E-state index in [-0.39, 0.29) is 30.0 Å². The summed E-state index contributed by atoms with van der Waals surface area (Å²) in [7, 11) is 0. The first-order valence-corrected chi connectivity index (χ1v) is 13.7. The van der Waals surface area contributed by atoms with Gasteiger partial charge in [-0.15, -0.1) is 11.3 Å². The second-order valence-electron chi connectivity index (χ2n) is 10.2. The maximum atomic E-state index is 14.4. The zero-order valence-corrected chi connectivity index (χ0v) is 22.8. The van der Waals surface area contributed by atoms with Crippen molar-refractivity contribution in [1.29, 1.82) is 0 Å². The summed E-state index contributed by atoms with van der Waals surface area (Å²) in [6.07, 6.45) is 0.768. The minimum absolute atomic E-state index is 0.0144. The fourth-order valence-electron chi connectivity index (χ4n) is 4.72. The number of halogens is 1. The summed E-state index contributed by atoms with van der Waals surface area (Å²) in [4.78, 5) is 31.5. The minimum atomic E-state index is -0.579. The zero-order chi connectivity index (χ0) is 26.5. The van der Waals surface area contributed by atoms with Gasteiger partial charge >= 0.3 is 0 Å². The first kappa shape index (κ1) is 26.9. The highest BCUT2D eigenvalue weighted by Gasteiger charge is 2.34. The van der Waals surface area contributed by atoms with Gasteiger partial charge in [-0.3, -0.25) is 9.59 Å². The molecule has 2 amide bonds. The molecule has 4 rings (SSSR count). The van der Waals surface area contributed by atoms with Crippen molar-refractivity contribution in [2.24, 2.45) is 5.92 Å². The Kier molecular flexibility index (Phi) is 8.64. The smallest absolute Gasteiger partial charge is 0.257 e. The highest BCUT2D eigenvalue weighted by Crippen LogP contribution is 2.34. The van der Waals surface area contributed by atoms with Crippen LogP contribution < -0.4 is 4.74 Å². The van der Waals surface area contributed by atoms with Crippen molar-refractivity contribution in [1.82, 2.24) is 9.80 Å². The maximum absolute atomic E-state index is 14.4. The number of carbonyl (C=O) groups is 2. The van der Waals surface area contributed by atoms with E-state index in [1.165, 1.54) is 27.5 Å². The SMILES string of the molecule is CC(C)CN(CC(=O)N1CCc2sccc2[C@H]1COc1ccc(C(C)C)cc1)C(=O)c1ccccc1F. The molecule has 2 heterocycles. The molecule has 0 unspecified atom stereocenters. The Morgan fingerprint density at radius 1 is 1.08 bits per heavy atom. The molecule has 196 valence electrons. The summed E-state index contributed by atoms with van der Waals surface area (Å²) < 4.78 is 20.6. The van der Waals surface area contributed by atoms with E-state index in [1.807, 2.05) is 30.9 Å². The lowest BCUT2D eigenvalue weighted by Crippen LogP contribution is -2.48. The molecule has 1 aliphatic heterocycles. The summed E-state index contributed by atoms with van der Waals surface area (Å²) in [5.74, 6) is 0.119. The number of carbonyl (C=O) groups excluding carboxylic acids is 2. The van der Waals surface area contributed by atoms with Crippen LogP contribution in [-0.2, 0) is 11.2 Å². The van der Waals surface area contributed by atoms with Crippen molar-refractivity contribution in [3.63, 3.8) is 0 Å². The van der Waals surface area contributed by atoms with Crippen LogP contribution in [0.4, 0.5) is 4.39 Å². The lowest BCUT2D eigenvalue weighted by Gasteiger charge is -2.37. The second-order valence-corrected chi connectivity index (χ2v) is 11.2. The molecule has 0 bridgehead atoms. The van der Waals surface area contributed by atoms with E-state index in [4.69, 9.17) is 4.74 Å². The van der Waals surface area contributed by atoms with E-state index >= 15 is 0 Å². The maximum Gasteiger partial charge on any atom is 0.257 e. The van der Waals surface area contributed by atoms with Crippen molar-refractivity contribution in [2.75, 3.05) is 26.2 Å². The van der Waals surface area contributed by atoms with Crippen molar-refractivity contribution in [3.8, 4) is 5.75 Å². The molecule has 0 N–H and O–H groups in total. The Labute approximate surface area is 222 Å². The third kappa shape index (κ3) is 6.39. The van der Waals surface area contributed by atoms with E-state index in [0.29, 0.717) is 25.6 Å². The summed E-state index contributed by atoms with van der Waals surface area (Å²) in [5.41, 5.74) is 2.32. The molecule has 1 atom stereocenters. The summed E-state index contributed by atoms with van der Waals surface area (Å²) in [6, 6.07) is 15.8. The topological polar surface area (TPSA) is 49.9 Å². The molecule has 1 aromatic heterocycles. The van der Waals surface area contributed by atoms with Crippen LogP contribution in [0.1, 0.15) is 66.0 Å². The first-order valence-electron chi connectivity index (χ1n) is 12.9. The van der Waals surface area contributed by atoms with Gasteiger partial charge in [-0.1, -0.05) is 52.0 Å². The van der Waals surface area contributed by atoms with Crippen molar-refractivity contribution < 1.29 is 18.7 Å². The summed E-state index contributed by atoms with van der Waals surface area (Å²) in [6.45, 7) is 9.39. The molecule has 3 aromatic rings. The monoisotopic (exact) mass is 522 g/mol. The Balaban J connectivity index is 1.53. The highest BCUT2D eigenvalue weighted by molar-refractivity contribution is 7.10. The van der Waals surface area contributed by atoms with Crippen LogP contribution in [0.25, 0.3) is 0 Å². The molecular formula is C30H35FN2O3S. The lowest BCUT2D eigenvalue weighted by molar-refractivity contribution is -0.135. The number of thiophene rings is 1. The van der Waals surface area contributed by atoms with Crippen LogP contribution in [0.15, 0.2) is 60.0 Å². The average Bonchev–Trinajstić information content (AvgIpc) is 3.36. The summed E-state index contributed by atoms with van der Waals surface area (Å²) >= 11 is 1.70. The highest BCUT2D eigenvalue weighted by atomic mass is 32.1. The van der Waals surface area contributed by atoms with Gasteiger partial charge in [0, 0.05) is 18.0 Å². The van der Waals surface area contributed by atoms with Gasteiger partial charge in [0.2, 0.25) is 5.91 Å². The normalized spacial score (nSPS) is 15.1. The number of hydrogen-bond acceptors (Lipinski definition) is 4. The number of amides is 2. The van der Waals surface area contributed by atoms with E-state index in [2.05, 4.69) is 37.4 Å². The molecule has 0 aliphatic carbocycles. The van der Waals surface area contributed by atoms with Crippen molar-refractivity contribution >= 4 is 23.2 Å². The van der Waals surface area contributed by atoms with E-state index in [0.717, 1.165) is 17.7 Å². The number of benzene rings is 2. The molecule has 2 aromatic carbocycles. The average molecular weight is 523 g/mol. The fraction of sp³-hybridized carbons (Fsp3) is 0.400. The quantitative estimate of drug-likeness (QED) is 0.331. The minimum Gasteiger partial charge on any atom is -0.491 e. The van der Waals surface area contributed by atoms with Crippen LogP contribution >= 0.6 is 11.3 Å². The molecule has 37 heavy (non-hydrogen) atoms. The number of ether oxygens (including phenoxy) is 1. The van der Waals surface area contributed by atoms with Crippen molar-refractivity contribution in [3.05, 3.63) is 87.4 Å². The zero-order valence-electron chi connectivity index (χ0n) is 21.9. The van der Waals surface area contributed by atoms with Gasteiger partial charge < -0.3 is 14.5 Å². The predicted molar refractivity (Wildman–Crippen MR) is 146 cm³/mol. The Bertz CT molecular complexity index is 1220. The number of fused-ring (bicyclic) bond motifs is 1. The van der Waals surface area contributed by atoms with E-state index in [9.17, 15) is 14.0 Å². The van der Waals surface area contributed by atoms with Crippen LogP contribution in [0.2, 0.25) is 0 Å². The van der Waals surface area contributed by atoms with Crippen LogP contribution in [0.5, 0.6) is 5.75 Å². The van der Waals surface area contributed by atoms with Gasteiger partial charge in [0.25, 0.3) is 5.91 Å².